The van der Waals surface area contributed by atoms with Crippen LogP contribution in [0.3, 0.4) is 0 Å². The van der Waals surface area contributed by atoms with E-state index in [1.54, 1.807) is 4.90 Å². The standard InChI is InChI=1S/C16H23Cl2NO3/c1-9(10-6-4-3-5-7-10)14(20)19-8-11-12(16(11,17)18)13(19)15(21)22-2/h9-13H,3-8H2,1-2H3/t9-,11-,12-,13-/m0/s1. The summed E-state index contributed by atoms with van der Waals surface area (Å²) >= 11 is 12.4. The van der Waals surface area contributed by atoms with Gasteiger partial charge in [-0.3, -0.25) is 4.79 Å². The zero-order chi connectivity index (χ0) is 16.1. The molecule has 1 heterocycles. The highest BCUT2D eigenvalue weighted by Gasteiger charge is 2.74. The van der Waals surface area contributed by atoms with Gasteiger partial charge in [-0.25, -0.2) is 4.79 Å². The van der Waals surface area contributed by atoms with Gasteiger partial charge in [-0.05, 0) is 18.8 Å². The fourth-order valence-corrected chi connectivity index (χ4v) is 5.15. The summed E-state index contributed by atoms with van der Waals surface area (Å²) in [7, 11) is 1.34. The second-order valence-electron chi connectivity index (χ2n) is 6.95. The first-order chi connectivity index (χ1) is 10.4. The summed E-state index contributed by atoms with van der Waals surface area (Å²) in [6.07, 6.45) is 5.86. The SMILES string of the molecule is COC(=O)[C@@H]1[C@@H]2[C@H](CN1C(=O)[C@@H](C)C1CCCCC1)C2(Cl)Cl. The number of hydrogen-bond acceptors (Lipinski definition) is 3. The van der Waals surface area contributed by atoms with Crippen LogP contribution in [0, 0.1) is 23.7 Å². The van der Waals surface area contributed by atoms with Gasteiger partial charge in [0.25, 0.3) is 0 Å². The summed E-state index contributed by atoms with van der Waals surface area (Å²) in [4.78, 5) is 26.7. The number of nitrogens with zero attached hydrogens (tertiary/aromatic N) is 1. The summed E-state index contributed by atoms with van der Waals surface area (Å²) in [5.74, 6) is -0.176. The molecule has 3 aliphatic rings. The smallest absolute Gasteiger partial charge is 0.328 e. The van der Waals surface area contributed by atoms with E-state index in [1.165, 1.54) is 26.4 Å². The molecule has 6 heteroatoms. The number of halogens is 2. The minimum absolute atomic E-state index is 0.0116. The van der Waals surface area contributed by atoms with E-state index in [2.05, 4.69) is 0 Å². The average molecular weight is 348 g/mol. The van der Waals surface area contributed by atoms with Crippen LogP contribution in [0.25, 0.3) is 0 Å². The fraction of sp³-hybridized carbons (Fsp3) is 0.875. The number of amides is 1. The molecule has 0 bridgehead atoms. The second kappa shape index (κ2) is 5.86. The highest BCUT2D eigenvalue weighted by Crippen LogP contribution is 2.65. The molecule has 4 nitrogen and oxygen atoms in total. The number of likely N-dealkylation sites (tertiary alicyclic amines) is 1. The van der Waals surface area contributed by atoms with Crippen molar-refractivity contribution in [3.8, 4) is 0 Å². The number of alkyl halides is 2. The molecule has 1 saturated heterocycles. The lowest BCUT2D eigenvalue weighted by Gasteiger charge is -2.34. The van der Waals surface area contributed by atoms with Gasteiger partial charge >= 0.3 is 5.97 Å². The van der Waals surface area contributed by atoms with E-state index in [1.807, 2.05) is 6.92 Å². The van der Waals surface area contributed by atoms with Gasteiger partial charge in [0.05, 0.1) is 7.11 Å². The molecule has 0 aromatic heterocycles. The van der Waals surface area contributed by atoms with Gasteiger partial charge in [-0.1, -0.05) is 26.2 Å². The fourth-order valence-electron chi connectivity index (χ4n) is 4.32. The largest absolute Gasteiger partial charge is 0.467 e. The molecule has 2 aliphatic carbocycles. The van der Waals surface area contributed by atoms with Crippen molar-refractivity contribution in [2.24, 2.45) is 23.7 Å². The summed E-state index contributed by atoms with van der Waals surface area (Å²) in [5.41, 5.74) is 0. The summed E-state index contributed by atoms with van der Waals surface area (Å²) < 4.78 is 3.99. The van der Waals surface area contributed by atoms with Crippen molar-refractivity contribution in [3.05, 3.63) is 0 Å². The first-order valence-corrected chi connectivity index (χ1v) is 8.91. The predicted octanol–water partition coefficient (Wildman–Crippen LogP) is 3.01. The maximum atomic E-state index is 12.9. The Balaban J connectivity index is 1.73. The van der Waals surface area contributed by atoms with E-state index >= 15 is 0 Å². The van der Waals surface area contributed by atoms with Crippen LogP contribution in [-0.2, 0) is 14.3 Å². The Bertz CT molecular complexity index is 476. The molecule has 0 N–H and O–H groups in total. The number of carbonyl (C=O) groups is 2. The van der Waals surface area contributed by atoms with Gasteiger partial charge < -0.3 is 9.64 Å². The molecule has 1 aliphatic heterocycles. The van der Waals surface area contributed by atoms with Gasteiger partial charge in [0.15, 0.2) is 0 Å². The van der Waals surface area contributed by atoms with Crippen LogP contribution in [0.2, 0.25) is 0 Å². The van der Waals surface area contributed by atoms with Gasteiger partial charge in [0.1, 0.15) is 10.4 Å². The van der Waals surface area contributed by atoms with Crippen LogP contribution in [0.5, 0.6) is 0 Å². The number of methoxy groups -OCH3 is 1. The van der Waals surface area contributed by atoms with Gasteiger partial charge in [0.2, 0.25) is 5.91 Å². The third-order valence-electron chi connectivity index (χ3n) is 5.80. The third-order valence-corrected chi connectivity index (χ3v) is 6.87. The van der Waals surface area contributed by atoms with E-state index in [0.29, 0.717) is 12.5 Å². The van der Waals surface area contributed by atoms with E-state index in [4.69, 9.17) is 27.9 Å². The average Bonchev–Trinajstić information content (AvgIpc) is 2.90. The Morgan fingerprint density at radius 1 is 1.23 bits per heavy atom. The van der Waals surface area contributed by atoms with E-state index in [0.717, 1.165) is 12.8 Å². The molecule has 22 heavy (non-hydrogen) atoms. The molecular weight excluding hydrogens is 325 g/mol. The van der Waals surface area contributed by atoms with Crippen molar-refractivity contribution in [2.75, 3.05) is 13.7 Å². The molecule has 124 valence electrons. The molecule has 3 fully saturated rings. The number of hydrogen-bond donors (Lipinski definition) is 0. The number of ether oxygens (including phenoxy) is 1. The van der Waals surface area contributed by atoms with E-state index in [9.17, 15) is 9.59 Å². The van der Waals surface area contributed by atoms with Crippen molar-refractivity contribution in [1.82, 2.24) is 4.90 Å². The van der Waals surface area contributed by atoms with Crippen LogP contribution in [-0.4, -0.2) is 40.8 Å². The highest BCUT2D eigenvalue weighted by molar-refractivity contribution is 6.51. The van der Waals surface area contributed by atoms with Gasteiger partial charge in [0, 0.05) is 24.3 Å². The van der Waals surface area contributed by atoms with Crippen molar-refractivity contribution in [3.63, 3.8) is 0 Å². The summed E-state index contributed by atoms with van der Waals surface area (Å²) in [5, 5.41) is 0. The first-order valence-electron chi connectivity index (χ1n) is 8.15. The van der Waals surface area contributed by atoms with Crippen LogP contribution in [0.1, 0.15) is 39.0 Å². The molecule has 1 amide bonds. The van der Waals surface area contributed by atoms with Crippen molar-refractivity contribution in [1.29, 1.82) is 0 Å². The molecule has 0 aromatic rings. The molecule has 4 atom stereocenters. The number of rotatable bonds is 3. The lowest BCUT2D eigenvalue weighted by Crippen LogP contribution is -2.49. The molecule has 2 saturated carbocycles. The van der Waals surface area contributed by atoms with Crippen LogP contribution >= 0.6 is 23.2 Å². The Kier molecular flexibility index (Phi) is 4.36. The molecule has 0 spiro atoms. The highest BCUT2D eigenvalue weighted by atomic mass is 35.5. The van der Waals surface area contributed by atoms with E-state index < -0.39 is 16.3 Å². The Labute approximate surface area is 141 Å². The minimum Gasteiger partial charge on any atom is -0.467 e. The Morgan fingerprint density at radius 3 is 2.45 bits per heavy atom. The van der Waals surface area contributed by atoms with Crippen LogP contribution < -0.4 is 0 Å². The Morgan fingerprint density at radius 2 is 1.86 bits per heavy atom. The maximum Gasteiger partial charge on any atom is 0.328 e. The summed E-state index contributed by atoms with van der Waals surface area (Å²) in [6, 6.07) is -0.622. The summed E-state index contributed by atoms with van der Waals surface area (Å²) in [6.45, 7) is 2.46. The van der Waals surface area contributed by atoms with E-state index in [-0.39, 0.29) is 23.7 Å². The molecule has 0 unspecified atom stereocenters. The number of fused-ring (bicyclic) bond motifs is 1. The quantitative estimate of drug-likeness (QED) is 0.582. The number of carbonyl (C=O) groups excluding carboxylic acids is 2. The van der Waals surface area contributed by atoms with Crippen LogP contribution in [0.15, 0.2) is 0 Å². The second-order valence-corrected chi connectivity index (χ2v) is 8.40. The molecule has 0 radical (unpaired) electrons. The minimum atomic E-state index is -0.885. The maximum absolute atomic E-state index is 12.9. The lowest BCUT2D eigenvalue weighted by molar-refractivity contribution is -0.154. The zero-order valence-electron chi connectivity index (χ0n) is 13.1. The van der Waals surface area contributed by atoms with Crippen molar-refractivity contribution >= 4 is 35.1 Å². The lowest BCUT2D eigenvalue weighted by atomic mass is 9.80. The predicted molar refractivity (Wildman–Crippen MR) is 84.7 cm³/mol. The zero-order valence-corrected chi connectivity index (χ0v) is 14.6. The molecule has 0 aromatic carbocycles. The third kappa shape index (κ3) is 2.52. The Hall–Kier alpha value is -0.480. The monoisotopic (exact) mass is 347 g/mol. The molecule has 3 rings (SSSR count). The van der Waals surface area contributed by atoms with Crippen molar-refractivity contribution < 1.29 is 14.3 Å². The molecular formula is C16H23Cl2NO3. The van der Waals surface area contributed by atoms with Crippen molar-refractivity contribution in [2.45, 2.75) is 49.4 Å². The van der Waals surface area contributed by atoms with Gasteiger partial charge in [-0.15, -0.1) is 23.2 Å². The number of esters is 1. The number of piperidine rings is 1. The van der Waals surface area contributed by atoms with Gasteiger partial charge in [-0.2, -0.15) is 0 Å². The topological polar surface area (TPSA) is 46.6 Å². The first kappa shape index (κ1) is 16.4. The van der Waals surface area contributed by atoms with Crippen LogP contribution in [0.4, 0.5) is 0 Å². The normalized spacial score (nSPS) is 34.9.